The van der Waals surface area contributed by atoms with Gasteiger partial charge >= 0.3 is 5.69 Å². The molecule has 1 heterocycles. The van der Waals surface area contributed by atoms with Crippen molar-refractivity contribution in [1.82, 2.24) is 4.57 Å². The van der Waals surface area contributed by atoms with Gasteiger partial charge in [0.1, 0.15) is 5.69 Å². The summed E-state index contributed by atoms with van der Waals surface area (Å²) >= 11 is 0. The van der Waals surface area contributed by atoms with Gasteiger partial charge in [-0.15, -0.1) is 0 Å². The molecule has 0 bridgehead atoms. The van der Waals surface area contributed by atoms with Gasteiger partial charge in [-0.25, -0.2) is 0 Å². The van der Waals surface area contributed by atoms with Gasteiger partial charge in [0.15, 0.2) is 0 Å². The highest BCUT2D eigenvalue weighted by atomic mass is 16.6. The molecule has 0 radical (unpaired) electrons. The number of nitrogens with zero attached hydrogens (tertiary/aromatic N) is 4. The molecule has 0 unspecified atom stereocenters. The van der Waals surface area contributed by atoms with Gasteiger partial charge in [-0.05, 0) is 12.1 Å². The van der Waals surface area contributed by atoms with Gasteiger partial charge in [-0.1, -0.05) is 18.2 Å². The van der Waals surface area contributed by atoms with Crippen molar-refractivity contribution in [2.45, 2.75) is 0 Å². The fourth-order valence-corrected chi connectivity index (χ4v) is 2.53. The Morgan fingerprint density at radius 3 is 2.60 bits per heavy atom. The third-order valence-corrected chi connectivity index (χ3v) is 3.71. The van der Waals surface area contributed by atoms with Gasteiger partial charge in [-0.3, -0.25) is 25.7 Å². The first-order valence-electron chi connectivity index (χ1n) is 7.23. The highest BCUT2D eigenvalue weighted by molar-refractivity contribution is 5.99. The third-order valence-electron chi connectivity index (χ3n) is 3.71. The Morgan fingerprint density at radius 1 is 1.12 bits per heavy atom. The summed E-state index contributed by atoms with van der Waals surface area (Å²) in [5.41, 5.74) is 3.77. The van der Waals surface area contributed by atoms with E-state index in [2.05, 4.69) is 10.5 Å². The topological polar surface area (TPSA) is 116 Å². The fourth-order valence-electron chi connectivity index (χ4n) is 2.53. The molecular weight excluding hydrogens is 326 g/mol. The molecule has 0 atom stereocenters. The van der Waals surface area contributed by atoms with Crippen LogP contribution in [0.25, 0.3) is 10.9 Å². The highest BCUT2D eigenvalue weighted by Crippen LogP contribution is 2.29. The number of aryl methyl sites for hydroxylation is 1. The molecular formula is C16H13N5O4. The van der Waals surface area contributed by atoms with Crippen LogP contribution in [0.15, 0.2) is 53.8 Å². The molecule has 0 fully saturated rings. The molecule has 1 aromatic heterocycles. The van der Waals surface area contributed by atoms with Crippen LogP contribution in [0.1, 0.15) is 5.56 Å². The van der Waals surface area contributed by atoms with Crippen LogP contribution in [0.5, 0.6) is 0 Å². The van der Waals surface area contributed by atoms with Gasteiger partial charge in [0.2, 0.25) is 0 Å². The van der Waals surface area contributed by atoms with E-state index in [1.807, 2.05) is 42.1 Å². The molecule has 25 heavy (non-hydrogen) atoms. The van der Waals surface area contributed by atoms with E-state index in [1.54, 1.807) is 6.21 Å². The molecule has 3 rings (SSSR count). The van der Waals surface area contributed by atoms with Crippen LogP contribution < -0.4 is 5.43 Å². The number of hydrogen-bond acceptors (Lipinski definition) is 6. The molecule has 126 valence electrons. The number of rotatable bonds is 5. The molecule has 1 N–H and O–H groups in total. The normalized spacial score (nSPS) is 11.1. The second-order valence-electron chi connectivity index (χ2n) is 5.30. The van der Waals surface area contributed by atoms with Crippen LogP contribution in [0.4, 0.5) is 17.1 Å². The van der Waals surface area contributed by atoms with Crippen molar-refractivity contribution in [3.8, 4) is 0 Å². The smallest absolute Gasteiger partial charge is 0.301 e. The van der Waals surface area contributed by atoms with Crippen LogP contribution in [0, 0.1) is 20.2 Å². The molecule has 0 saturated heterocycles. The molecule has 9 heteroatoms. The highest BCUT2D eigenvalue weighted by Gasteiger charge is 2.19. The van der Waals surface area contributed by atoms with Gasteiger partial charge < -0.3 is 4.57 Å². The predicted octanol–water partition coefficient (Wildman–Crippen LogP) is 3.44. The van der Waals surface area contributed by atoms with Crippen LogP contribution in [-0.2, 0) is 7.05 Å². The average molecular weight is 339 g/mol. The van der Waals surface area contributed by atoms with Crippen LogP contribution in [-0.4, -0.2) is 20.6 Å². The van der Waals surface area contributed by atoms with E-state index < -0.39 is 15.5 Å². The maximum absolute atomic E-state index is 11.1. The van der Waals surface area contributed by atoms with E-state index in [0.29, 0.717) is 0 Å². The zero-order valence-corrected chi connectivity index (χ0v) is 13.1. The molecule has 0 spiro atoms. The summed E-state index contributed by atoms with van der Waals surface area (Å²) in [7, 11) is 1.91. The van der Waals surface area contributed by atoms with Crippen molar-refractivity contribution >= 4 is 34.2 Å². The van der Waals surface area contributed by atoms with Crippen LogP contribution in [0.2, 0.25) is 0 Å². The lowest BCUT2D eigenvalue weighted by atomic mass is 10.2. The first kappa shape index (κ1) is 16.1. The van der Waals surface area contributed by atoms with E-state index in [-0.39, 0.29) is 11.4 Å². The number of nitro groups is 2. The minimum absolute atomic E-state index is 0.0760. The van der Waals surface area contributed by atoms with E-state index in [1.165, 1.54) is 12.1 Å². The first-order valence-corrected chi connectivity index (χ1v) is 7.23. The molecule has 0 aliphatic heterocycles. The van der Waals surface area contributed by atoms with E-state index in [9.17, 15) is 20.2 Å². The third kappa shape index (κ3) is 3.15. The lowest BCUT2D eigenvalue weighted by Crippen LogP contribution is -1.98. The maximum atomic E-state index is 11.1. The van der Waals surface area contributed by atoms with Crippen LogP contribution in [0.3, 0.4) is 0 Å². The summed E-state index contributed by atoms with van der Waals surface area (Å²) < 4.78 is 1.95. The summed E-state index contributed by atoms with van der Waals surface area (Å²) in [6.45, 7) is 0. The zero-order chi connectivity index (χ0) is 18.0. The summed E-state index contributed by atoms with van der Waals surface area (Å²) in [5, 5.41) is 26.9. The molecule has 0 aliphatic carbocycles. The number of non-ortho nitro benzene ring substituents is 1. The summed E-state index contributed by atoms with van der Waals surface area (Å²) in [5.74, 6) is 0. The maximum Gasteiger partial charge on any atom is 0.301 e. The second kappa shape index (κ2) is 6.40. The number of anilines is 1. The molecule has 0 saturated carbocycles. The first-order chi connectivity index (χ1) is 12.0. The molecule has 9 nitrogen and oxygen atoms in total. The average Bonchev–Trinajstić information content (AvgIpc) is 2.91. The largest absolute Gasteiger partial charge is 0.350 e. The van der Waals surface area contributed by atoms with Gasteiger partial charge in [0.25, 0.3) is 5.69 Å². The van der Waals surface area contributed by atoms with Gasteiger partial charge in [0.05, 0.1) is 22.1 Å². The van der Waals surface area contributed by atoms with Crippen molar-refractivity contribution in [3.05, 3.63) is 74.5 Å². The van der Waals surface area contributed by atoms with E-state index in [0.717, 1.165) is 22.5 Å². The van der Waals surface area contributed by atoms with Crippen molar-refractivity contribution in [3.63, 3.8) is 0 Å². The summed E-state index contributed by atoms with van der Waals surface area (Å²) in [4.78, 5) is 20.5. The number of para-hydroxylation sites is 1. The van der Waals surface area contributed by atoms with E-state index in [4.69, 9.17) is 0 Å². The van der Waals surface area contributed by atoms with E-state index >= 15 is 0 Å². The molecule has 2 aromatic carbocycles. The Kier molecular flexibility index (Phi) is 4.12. The minimum Gasteiger partial charge on any atom is -0.350 e. The predicted molar refractivity (Wildman–Crippen MR) is 93.9 cm³/mol. The van der Waals surface area contributed by atoms with Gasteiger partial charge in [-0.2, -0.15) is 5.10 Å². The monoisotopic (exact) mass is 339 g/mol. The molecule has 3 aromatic rings. The SMILES string of the molecule is Cn1cc(/C=N\Nc2ccc([N+](=O)[O-])cc2[N+](=O)[O-])c2ccccc21. The van der Waals surface area contributed by atoms with Crippen molar-refractivity contribution < 1.29 is 9.85 Å². The lowest BCUT2D eigenvalue weighted by Gasteiger charge is -2.01. The molecule has 0 amide bonds. The van der Waals surface area contributed by atoms with Crippen molar-refractivity contribution in [2.75, 3.05) is 5.43 Å². The number of benzene rings is 2. The number of aromatic nitrogens is 1. The number of hydrazone groups is 1. The van der Waals surface area contributed by atoms with Crippen molar-refractivity contribution in [2.24, 2.45) is 12.1 Å². The van der Waals surface area contributed by atoms with Gasteiger partial charge in [0, 0.05) is 35.8 Å². The minimum atomic E-state index is -0.692. The summed E-state index contributed by atoms with van der Waals surface area (Å²) in [6.07, 6.45) is 3.44. The Hall–Kier alpha value is -3.75. The number of fused-ring (bicyclic) bond motifs is 1. The lowest BCUT2D eigenvalue weighted by molar-refractivity contribution is -0.393. The standard InChI is InChI=1S/C16H13N5O4/c1-19-10-11(13-4-2-3-5-15(13)19)9-17-18-14-7-6-12(20(22)23)8-16(14)21(24)25/h2-10,18H,1H3/b17-9-. The Bertz CT molecular complexity index is 1010. The Balaban J connectivity index is 1.89. The Morgan fingerprint density at radius 2 is 1.88 bits per heavy atom. The second-order valence-corrected chi connectivity index (χ2v) is 5.30. The number of nitro benzene ring substituents is 2. The number of nitrogens with one attached hydrogen (secondary N) is 1. The zero-order valence-electron chi connectivity index (χ0n) is 13.1. The van der Waals surface area contributed by atoms with Crippen LogP contribution >= 0.6 is 0 Å². The summed E-state index contributed by atoms with van der Waals surface area (Å²) in [6, 6.07) is 11.1. The quantitative estimate of drug-likeness (QED) is 0.434. The fraction of sp³-hybridized carbons (Fsp3) is 0.0625. The number of hydrogen-bond donors (Lipinski definition) is 1. The molecule has 0 aliphatic rings. The van der Waals surface area contributed by atoms with Crippen molar-refractivity contribution in [1.29, 1.82) is 0 Å². The Labute approximate surface area is 141 Å².